The van der Waals surface area contributed by atoms with E-state index < -0.39 is 9.84 Å². The van der Waals surface area contributed by atoms with E-state index in [1.165, 1.54) is 6.20 Å². The molecule has 0 N–H and O–H groups in total. The summed E-state index contributed by atoms with van der Waals surface area (Å²) in [5.74, 6) is 0.402. The SMILES string of the molecule is O=S(=O)(Cc1ccccc1)Cc1ncc(-c2cccc(Cl)c2)o1. The molecule has 0 saturated heterocycles. The summed E-state index contributed by atoms with van der Waals surface area (Å²) < 4.78 is 30.0. The molecular weight excluding hydrogens is 334 g/mol. The summed E-state index contributed by atoms with van der Waals surface area (Å²) in [5.41, 5.74) is 1.51. The zero-order valence-electron chi connectivity index (χ0n) is 12.1. The number of hydrogen-bond donors (Lipinski definition) is 0. The van der Waals surface area contributed by atoms with Crippen LogP contribution in [0.3, 0.4) is 0 Å². The molecule has 118 valence electrons. The Kier molecular flexibility index (Phi) is 4.50. The predicted octanol–water partition coefficient (Wildman–Crippen LogP) is 4.11. The molecule has 1 heterocycles. The van der Waals surface area contributed by atoms with Gasteiger partial charge in [-0.05, 0) is 17.7 Å². The smallest absolute Gasteiger partial charge is 0.210 e. The Balaban J connectivity index is 1.76. The standard InChI is InChI=1S/C17H14ClNO3S/c18-15-8-4-7-14(9-15)16-10-19-17(22-16)12-23(20,21)11-13-5-2-1-3-6-13/h1-10H,11-12H2. The first kappa shape index (κ1) is 15.8. The minimum atomic E-state index is -3.35. The van der Waals surface area contributed by atoms with E-state index in [4.69, 9.17) is 16.0 Å². The van der Waals surface area contributed by atoms with Gasteiger partial charge < -0.3 is 4.42 Å². The lowest BCUT2D eigenvalue weighted by Gasteiger charge is -2.02. The highest BCUT2D eigenvalue weighted by Gasteiger charge is 2.17. The van der Waals surface area contributed by atoms with Crippen LogP contribution in [0, 0.1) is 0 Å². The maximum absolute atomic E-state index is 12.2. The minimum absolute atomic E-state index is 0.0390. The fourth-order valence-electron chi connectivity index (χ4n) is 2.22. The van der Waals surface area contributed by atoms with Crippen molar-refractivity contribution >= 4 is 21.4 Å². The molecule has 4 nitrogen and oxygen atoms in total. The highest BCUT2D eigenvalue weighted by atomic mass is 35.5. The van der Waals surface area contributed by atoms with Crippen molar-refractivity contribution in [3.63, 3.8) is 0 Å². The number of rotatable bonds is 5. The molecule has 0 amide bonds. The van der Waals surface area contributed by atoms with Crippen LogP contribution in [-0.2, 0) is 21.3 Å². The van der Waals surface area contributed by atoms with E-state index >= 15 is 0 Å². The molecule has 2 aromatic carbocycles. The number of sulfone groups is 1. The molecule has 0 saturated carbocycles. The van der Waals surface area contributed by atoms with Crippen molar-refractivity contribution in [2.75, 3.05) is 0 Å². The number of hydrogen-bond acceptors (Lipinski definition) is 4. The van der Waals surface area contributed by atoms with Gasteiger partial charge in [0.25, 0.3) is 0 Å². The van der Waals surface area contributed by atoms with Crippen molar-refractivity contribution < 1.29 is 12.8 Å². The van der Waals surface area contributed by atoms with E-state index in [-0.39, 0.29) is 17.4 Å². The lowest BCUT2D eigenvalue weighted by Crippen LogP contribution is -2.07. The molecule has 0 atom stereocenters. The average Bonchev–Trinajstić information content (AvgIpc) is 2.95. The largest absolute Gasteiger partial charge is 0.440 e. The van der Waals surface area contributed by atoms with Crippen molar-refractivity contribution in [3.05, 3.63) is 77.3 Å². The van der Waals surface area contributed by atoms with E-state index in [0.29, 0.717) is 10.8 Å². The summed E-state index contributed by atoms with van der Waals surface area (Å²) in [6.07, 6.45) is 1.51. The molecule has 6 heteroatoms. The first-order valence-electron chi connectivity index (χ1n) is 6.97. The van der Waals surface area contributed by atoms with Crippen LogP contribution in [0.2, 0.25) is 5.02 Å². The van der Waals surface area contributed by atoms with Gasteiger partial charge in [0.2, 0.25) is 5.89 Å². The molecule has 0 bridgehead atoms. The maximum Gasteiger partial charge on any atom is 0.210 e. The third-order valence-corrected chi connectivity index (χ3v) is 4.93. The Morgan fingerprint density at radius 1 is 1.00 bits per heavy atom. The van der Waals surface area contributed by atoms with Gasteiger partial charge in [0.1, 0.15) is 5.75 Å². The van der Waals surface area contributed by atoms with E-state index in [0.717, 1.165) is 11.1 Å². The average molecular weight is 348 g/mol. The zero-order valence-corrected chi connectivity index (χ0v) is 13.7. The fraction of sp³-hybridized carbons (Fsp3) is 0.118. The number of benzene rings is 2. The second-order valence-electron chi connectivity index (χ2n) is 5.15. The number of oxazole rings is 1. The maximum atomic E-state index is 12.2. The van der Waals surface area contributed by atoms with Crippen LogP contribution >= 0.6 is 11.6 Å². The van der Waals surface area contributed by atoms with E-state index in [2.05, 4.69) is 4.98 Å². The van der Waals surface area contributed by atoms with Gasteiger partial charge in [-0.3, -0.25) is 0 Å². The van der Waals surface area contributed by atoms with Crippen LogP contribution < -0.4 is 0 Å². The number of aromatic nitrogens is 1. The molecule has 3 rings (SSSR count). The molecule has 0 aliphatic rings. The fourth-order valence-corrected chi connectivity index (χ4v) is 3.72. The second kappa shape index (κ2) is 6.56. The topological polar surface area (TPSA) is 60.2 Å². The predicted molar refractivity (Wildman–Crippen MR) is 89.7 cm³/mol. The van der Waals surface area contributed by atoms with Gasteiger partial charge in [-0.2, -0.15) is 0 Å². The lowest BCUT2D eigenvalue weighted by molar-refractivity contribution is 0.519. The van der Waals surface area contributed by atoms with Crippen molar-refractivity contribution in [3.8, 4) is 11.3 Å². The Morgan fingerprint density at radius 2 is 1.78 bits per heavy atom. The number of nitrogens with zero attached hydrogens (tertiary/aromatic N) is 1. The molecule has 0 spiro atoms. The van der Waals surface area contributed by atoms with Crippen LogP contribution in [-0.4, -0.2) is 13.4 Å². The molecule has 1 aromatic heterocycles. The highest BCUT2D eigenvalue weighted by molar-refractivity contribution is 7.89. The summed E-state index contributed by atoms with van der Waals surface area (Å²) in [5, 5.41) is 0.581. The van der Waals surface area contributed by atoms with Crippen LogP contribution in [0.4, 0.5) is 0 Å². The normalized spacial score (nSPS) is 11.5. The van der Waals surface area contributed by atoms with Gasteiger partial charge >= 0.3 is 0 Å². The van der Waals surface area contributed by atoms with Crippen molar-refractivity contribution in [2.45, 2.75) is 11.5 Å². The van der Waals surface area contributed by atoms with Crippen LogP contribution in [0.15, 0.2) is 65.2 Å². The van der Waals surface area contributed by atoms with Gasteiger partial charge in [-0.25, -0.2) is 13.4 Å². The quantitative estimate of drug-likeness (QED) is 0.696. The van der Waals surface area contributed by atoms with E-state index in [1.54, 1.807) is 30.3 Å². The third-order valence-electron chi connectivity index (χ3n) is 3.24. The van der Waals surface area contributed by atoms with Gasteiger partial charge in [-0.15, -0.1) is 0 Å². The van der Waals surface area contributed by atoms with E-state index in [9.17, 15) is 8.42 Å². The summed E-state index contributed by atoms with van der Waals surface area (Å²) in [6, 6.07) is 16.2. The summed E-state index contributed by atoms with van der Waals surface area (Å²) >= 11 is 5.94. The first-order valence-corrected chi connectivity index (χ1v) is 9.17. The summed E-state index contributed by atoms with van der Waals surface area (Å²) in [4.78, 5) is 4.06. The van der Waals surface area contributed by atoms with E-state index in [1.807, 2.05) is 24.3 Å². The summed E-state index contributed by atoms with van der Waals surface area (Å²) in [7, 11) is -3.35. The monoisotopic (exact) mass is 347 g/mol. The van der Waals surface area contributed by atoms with Crippen LogP contribution in [0.5, 0.6) is 0 Å². The van der Waals surface area contributed by atoms with Gasteiger partial charge in [0, 0.05) is 10.6 Å². The van der Waals surface area contributed by atoms with Gasteiger partial charge in [-0.1, -0.05) is 54.1 Å². The number of halogens is 1. The molecule has 0 radical (unpaired) electrons. The van der Waals surface area contributed by atoms with Gasteiger partial charge in [0.05, 0.1) is 11.9 Å². The zero-order chi connectivity index (χ0) is 16.3. The molecule has 0 aliphatic heterocycles. The first-order chi connectivity index (χ1) is 11.0. The minimum Gasteiger partial charge on any atom is -0.440 e. The molecule has 0 aliphatic carbocycles. The Bertz CT molecular complexity index is 904. The Morgan fingerprint density at radius 3 is 2.52 bits per heavy atom. The summed E-state index contributed by atoms with van der Waals surface area (Å²) in [6.45, 7) is 0. The Labute approximate surface area is 139 Å². The van der Waals surface area contributed by atoms with Gasteiger partial charge in [0.15, 0.2) is 15.6 Å². The molecule has 23 heavy (non-hydrogen) atoms. The molecule has 0 fully saturated rings. The van der Waals surface area contributed by atoms with Crippen molar-refractivity contribution in [1.82, 2.24) is 4.98 Å². The molecule has 3 aromatic rings. The highest BCUT2D eigenvalue weighted by Crippen LogP contribution is 2.24. The van der Waals surface area contributed by atoms with Crippen LogP contribution in [0.25, 0.3) is 11.3 Å². The van der Waals surface area contributed by atoms with Crippen molar-refractivity contribution in [1.29, 1.82) is 0 Å². The third kappa shape index (κ3) is 4.21. The molecular formula is C17H14ClNO3S. The van der Waals surface area contributed by atoms with Crippen LogP contribution in [0.1, 0.15) is 11.5 Å². The Hall–Kier alpha value is -2.11. The second-order valence-corrected chi connectivity index (χ2v) is 7.65. The molecule has 0 unspecified atom stereocenters. The lowest BCUT2D eigenvalue weighted by atomic mass is 10.2. The van der Waals surface area contributed by atoms with Crippen molar-refractivity contribution in [2.24, 2.45) is 0 Å².